The minimum Gasteiger partial charge on any atom is -0.336 e. The fourth-order valence-corrected chi connectivity index (χ4v) is 4.03. The van der Waals surface area contributed by atoms with Crippen LogP contribution in [-0.2, 0) is 6.54 Å². The molecule has 0 spiro atoms. The fourth-order valence-electron chi connectivity index (χ4n) is 4.03. The topological polar surface area (TPSA) is 47.3 Å². The highest BCUT2D eigenvalue weighted by Gasteiger charge is 2.24. The van der Waals surface area contributed by atoms with Crippen molar-refractivity contribution in [3.8, 4) is 17.2 Å². The van der Waals surface area contributed by atoms with Gasteiger partial charge in [-0.05, 0) is 35.7 Å². The molecule has 1 saturated heterocycles. The van der Waals surface area contributed by atoms with E-state index in [4.69, 9.17) is 0 Å². The van der Waals surface area contributed by atoms with Crippen molar-refractivity contribution in [1.82, 2.24) is 9.80 Å². The smallest absolute Gasteiger partial charge is 0.254 e. The SMILES string of the molecule is Cc1ccccc1CN1CCN(C(=O)c2ccccc2-c2ccccc2C#N)CC1. The van der Waals surface area contributed by atoms with Crippen LogP contribution in [0.4, 0.5) is 0 Å². The molecular formula is C26H25N3O. The summed E-state index contributed by atoms with van der Waals surface area (Å²) >= 11 is 0. The second-order valence-corrected chi connectivity index (χ2v) is 7.70. The Morgan fingerprint density at radius 1 is 0.867 bits per heavy atom. The average Bonchev–Trinajstić information content (AvgIpc) is 2.80. The minimum absolute atomic E-state index is 0.0360. The fraction of sp³-hybridized carbons (Fsp3) is 0.231. The van der Waals surface area contributed by atoms with Crippen molar-refractivity contribution in [2.75, 3.05) is 26.2 Å². The van der Waals surface area contributed by atoms with E-state index in [1.807, 2.05) is 47.4 Å². The third kappa shape index (κ3) is 4.12. The molecule has 1 aliphatic heterocycles. The molecule has 150 valence electrons. The van der Waals surface area contributed by atoms with E-state index >= 15 is 0 Å². The first-order valence-corrected chi connectivity index (χ1v) is 10.3. The van der Waals surface area contributed by atoms with Crippen LogP contribution >= 0.6 is 0 Å². The molecule has 0 radical (unpaired) electrons. The molecule has 4 heteroatoms. The van der Waals surface area contributed by atoms with E-state index in [2.05, 4.69) is 42.2 Å². The number of rotatable bonds is 4. The first-order valence-electron chi connectivity index (χ1n) is 10.3. The van der Waals surface area contributed by atoms with Gasteiger partial charge in [0.1, 0.15) is 0 Å². The van der Waals surface area contributed by atoms with Gasteiger partial charge in [0, 0.05) is 43.9 Å². The Labute approximate surface area is 178 Å². The Kier molecular flexibility index (Phi) is 5.92. The maximum absolute atomic E-state index is 13.3. The summed E-state index contributed by atoms with van der Waals surface area (Å²) in [4.78, 5) is 17.7. The van der Waals surface area contributed by atoms with Gasteiger partial charge in [-0.2, -0.15) is 5.26 Å². The van der Waals surface area contributed by atoms with Gasteiger partial charge in [0.2, 0.25) is 0 Å². The van der Waals surface area contributed by atoms with Crippen LogP contribution in [0.25, 0.3) is 11.1 Å². The molecule has 0 atom stereocenters. The molecule has 0 N–H and O–H groups in total. The Hall–Kier alpha value is -3.42. The van der Waals surface area contributed by atoms with E-state index in [0.717, 1.165) is 30.8 Å². The molecule has 1 fully saturated rings. The number of amides is 1. The Balaban J connectivity index is 1.49. The van der Waals surface area contributed by atoms with Crippen LogP contribution in [0.15, 0.2) is 72.8 Å². The molecule has 0 saturated carbocycles. The van der Waals surface area contributed by atoms with Gasteiger partial charge in [-0.25, -0.2) is 0 Å². The standard InChI is InChI=1S/C26H25N3O/c1-20-8-2-3-10-22(20)19-28-14-16-29(17-15-28)26(30)25-13-7-6-12-24(25)23-11-5-4-9-21(23)18-27/h2-13H,14-17,19H2,1H3. The number of piperazine rings is 1. The maximum Gasteiger partial charge on any atom is 0.254 e. The van der Waals surface area contributed by atoms with Gasteiger partial charge in [-0.1, -0.05) is 60.7 Å². The van der Waals surface area contributed by atoms with Crippen molar-refractivity contribution in [1.29, 1.82) is 5.26 Å². The van der Waals surface area contributed by atoms with Gasteiger partial charge in [0.05, 0.1) is 11.6 Å². The van der Waals surface area contributed by atoms with Crippen molar-refractivity contribution in [3.63, 3.8) is 0 Å². The molecular weight excluding hydrogens is 370 g/mol. The largest absolute Gasteiger partial charge is 0.336 e. The van der Waals surface area contributed by atoms with Crippen molar-refractivity contribution >= 4 is 5.91 Å². The normalized spacial score (nSPS) is 14.3. The highest BCUT2D eigenvalue weighted by atomic mass is 16.2. The second-order valence-electron chi connectivity index (χ2n) is 7.70. The Morgan fingerprint density at radius 2 is 1.50 bits per heavy atom. The predicted octanol–water partition coefficient (Wildman–Crippen LogP) is 4.49. The summed E-state index contributed by atoms with van der Waals surface area (Å²) in [6, 6.07) is 25.8. The highest BCUT2D eigenvalue weighted by Crippen LogP contribution is 2.28. The van der Waals surface area contributed by atoms with E-state index in [9.17, 15) is 10.1 Å². The Bertz CT molecular complexity index is 1090. The number of carbonyl (C=O) groups is 1. The van der Waals surface area contributed by atoms with E-state index in [0.29, 0.717) is 24.2 Å². The zero-order chi connectivity index (χ0) is 20.9. The van der Waals surface area contributed by atoms with E-state index in [-0.39, 0.29) is 5.91 Å². The maximum atomic E-state index is 13.3. The molecule has 1 heterocycles. The lowest BCUT2D eigenvalue weighted by atomic mass is 9.95. The third-order valence-corrected chi connectivity index (χ3v) is 5.81. The van der Waals surface area contributed by atoms with Gasteiger partial charge in [0.25, 0.3) is 5.91 Å². The highest BCUT2D eigenvalue weighted by molar-refractivity contribution is 6.01. The van der Waals surface area contributed by atoms with Crippen LogP contribution in [0, 0.1) is 18.3 Å². The summed E-state index contributed by atoms with van der Waals surface area (Å²) < 4.78 is 0. The third-order valence-electron chi connectivity index (χ3n) is 5.81. The van der Waals surface area contributed by atoms with Gasteiger partial charge in [0.15, 0.2) is 0 Å². The lowest BCUT2D eigenvalue weighted by Crippen LogP contribution is -2.48. The van der Waals surface area contributed by atoms with E-state index in [1.165, 1.54) is 11.1 Å². The number of hydrogen-bond acceptors (Lipinski definition) is 3. The number of aryl methyl sites for hydroxylation is 1. The summed E-state index contributed by atoms with van der Waals surface area (Å²) in [5.41, 5.74) is 5.52. The summed E-state index contributed by atoms with van der Waals surface area (Å²) in [5.74, 6) is 0.0360. The summed E-state index contributed by atoms with van der Waals surface area (Å²) in [5, 5.41) is 9.48. The van der Waals surface area contributed by atoms with Crippen LogP contribution in [0.5, 0.6) is 0 Å². The zero-order valence-electron chi connectivity index (χ0n) is 17.2. The number of benzene rings is 3. The number of nitrogens with zero attached hydrogens (tertiary/aromatic N) is 3. The summed E-state index contributed by atoms with van der Waals surface area (Å²) in [7, 11) is 0. The van der Waals surface area contributed by atoms with Crippen LogP contribution in [0.3, 0.4) is 0 Å². The summed E-state index contributed by atoms with van der Waals surface area (Å²) in [6.07, 6.45) is 0. The molecule has 1 aliphatic rings. The first-order chi connectivity index (χ1) is 14.7. The van der Waals surface area contributed by atoms with Crippen molar-refractivity contribution in [3.05, 3.63) is 95.1 Å². The lowest BCUT2D eigenvalue weighted by Gasteiger charge is -2.35. The van der Waals surface area contributed by atoms with E-state index in [1.54, 1.807) is 6.07 Å². The average molecular weight is 396 g/mol. The molecule has 1 amide bonds. The minimum atomic E-state index is 0.0360. The second kappa shape index (κ2) is 8.94. The lowest BCUT2D eigenvalue weighted by molar-refractivity contribution is 0.0629. The molecule has 3 aromatic rings. The Morgan fingerprint density at radius 3 is 2.23 bits per heavy atom. The van der Waals surface area contributed by atoms with Crippen LogP contribution < -0.4 is 0 Å². The number of nitriles is 1. The van der Waals surface area contributed by atoms with Gasteiger partial charge < -0.3 is 4.90 Å². The van der Waals surface area contributed by atoms with Crippen molar-refractivity contribution in [2.45, 2.75) is 13.5 Å². The molecule has 0 aliphatic carbocycles. The molecule has 0 bridgehead atoms. The van der Waals surface area contributed by atoms with Crippen molar-refractivity contribution < 1.29 is 4.79 Å². The van der Waals surface area contributed by atoms with Crippen LogP contribution in [-0.4, -0.2) is 41.9 Å². The van der Waals surface area contributed by atoms with Crippen LogP contribution in [0.1, 0.15) is 27.0 Å². The zero-order valence-corrected chi connectivity index (χ0v) is 17.2. The monoisotopic (exact) mass is 395 g/mol. The van der Waals surface area contributed by atoms with Crippen LogP contribution in [0.2, 0.25) is 0 Å². The predicted molar refractivity (Wildman–Crippen MR) is 119 cm³/mol. The number of hydrogen-bond donors (Lipinski definition) is 0. The summed E-state index contributed by atoms with van der Waals surface area (Å²) in [6.45, 7) is 6.19. The molecule has 0 unspecified atom stereocenters. The number of carbonyl (C=O) groups excluding carboxylic acids is 1. The quantitative estimate of drug-likeness (QED) is 0.654. The van der Waals surface area contributed by atoms with Gasteiger partial charge in [-0.3, -0.25) is 9.69 Å². The molecule has 30 heavy (non-hydrogen) atoms. The van der Waals surface area contributed by atoms with Gasteiger partial charge >= 0.3 is 0 Å². The van der Waals surface area contributed by atoms with Crippen molar-refractivity contribution in [2.24, 2.45) is 0 Å². The van der Waals surface area contributed by atoms with E-state index < -0.39 is 0 Å². The van der Waals surface area contributed by atoms with Gasteiger partial charge in [-0.15, -0.1) is 0 Å². The first kappa shape index (κ1) is 19.9. The molecule has 0 aromatic heterocycles. The molecule has 4 rings (SSSR count). The molecule has 3 aromatic carbocycles. The molecule has 4 nitrogen and oxygen atoms in total.